The number of carbonyl (C=O) groups excluding carboxylic acids is 2. The van der Waals surface area contributed by atoms with Crippen LogP contribution in [0, 0.1) is 0 Å². The van der Waals surface area contributed by atoms with Crippen LogP contribution in [-0.2, 0) is 26.2 Å². The molecule has 208 valence electrons. The van der Waals surface area contributed by atoms with Crippen LogP contribution in [0.5, 0.6) is 0 Å². The van der Waals surface area contributed by atoms with Crippen LogP contribution in [0.2, 0.25) is 15.1 Å². The molecule has 39 heavy (non-hydrogen) atoms. The Bertz CT molecular complexity index is 1400. The molecule has 0 bridgehead atoms. The van der Waals surface area contributed by atoms with E-state index in [4.69, 9.17) is 34.8 Å². The number of anilines is 1. The van der Waals surface area contributed by atoms with Gasteiger partial charge in [0.2, 0.25) is 11.8 Å². The van der Waals surface area contributed by atoms with Gasteiger partial charge >= 0.3 is 0 Å². The maximum absolute atomic E-state index is 13.9. The van der Waals surface area contributed by atoms with Gasteiger partial charge in [-0.25, -0.2) is 8.42 Å². The molecule has 3 aromatic rings. The molecule has 0 aliphatic carbocycles. The molecule has 0 aliphatic heterocycles. The highest BCUT2D eigenvalue weighted by Crippen LogP contribution is 2.28. The smallest absolute Gasteiger partial charge is 0.264 e. The predicted octanol–water partition coefficient (Wildman–Crippen LogP) is 6.18. The standard InChI is InChI=1S/C28H30Cl3N3O4S/c1-3-4-15-32-28(36)20(2)33(18-21-13-14-23(30)17-26(21)31)27(35)19-34(24-10-8-9-22(29)16-24)39(37,38)25-11-6-5-7-12-25/h5-14,16-17,20H,3-4,15,18-19H2,1-2H3,(H,32,36)/t20-/m0/s1. The third kappa shape index (κ3) is 8.11. The van der Waals surface area contributed by atoms with Crippen LogP contribution in [0.3, 0.4) is 0 Å². The molecule has 1 N–H and O–H groups in total. The third-order valence-corrected chi connectivity index (χ3v) is 8.67. The molecule has 0 fully saturated rings. The summed E-state index contributed by atoms with van der Waals surface area (Å²) in [5.41, 5.74) is 0.770. The van der Waals surface area contributed by atoms with E-state index in [1.165, 1.54) is 23.1 Å². The highest BCUT2D eigenvalue weighted by Gasteiger charge is 2.32. The molecule has 0 aliphatic rings. The zero-order valence-electron chi connectivity index (χ0n) is 21.6. The molecule has 0 radical (unpaired) electrons. The average molecular weight is 611 g/mol. The lowest BCUT2D eigenvalue weighted by Crippen LogP contribution is -2.51. The van der Waals surface area contributed by atoms with E-state index in [2.05, 4.69) is 5.32 Å². The minimum atomic E-state index is -4.17. The first-order valence-corrected chi connectivity index (χ1v) is 15.0. The van der Waals surface area contributed by atoms with E-state index < -0.39 is 28.5 Å². The average Bonchev–Trinajstić information content (AvgIpc) is 2.91. The maximum atomic E-state index is 13.9. The van der Waals surface area contributed by atoms with E-state index in [9.17, 15) is 18.0 Å². The van der Waals surface area contributed by atoms with Crippen molar-refractivity contribution in [1.29, 1.82) is 0 Å². The van der Waals surface area contributed by atoms with Crippen molar-refractivity contribution in [2.45, 2.75) is 44.2 Å². The van der Waals surface area contributed by atoms with Gasteiger partial charge in [-0.1, -0.05) is 78.5 Å². The first-order chi connectivity index (χ1) is 18.5. The lowest BCUT2D eigenvalue weighted by molar-refractivity contribution is -0.139. The Morgan fingerprint density at radius 1 is 0.923 bits per heavy atom. The minimum absolute atomic E-state index is 0.00966. The third-order valence-electron chi connectivity index (χ3n) is 6.06. The lowest BCUT2D eigenvalue weighted by Gasteiger charge is -2.32. The second-order valence-corrected chi connectivity index (χ2v) is 12.0. The largest absolute Gasteiger partial charge is 0.354 e. The van der Waals surface area contributed by atoms with Crippen LogP contribution in [-0.4, -0.2) is 44.3 Å². The SMILES string of the molecule is CCCCNC(=O)[C@H](C)N(Cc1ccc(Cl)cc1Cl)C(=O)CN(c1cccc(Cl)c1)S(=O)(=O)c1ccccc1. The van der Waals surface area contributed by atoms with Gasteiger partial charge in [0.1, 0.15) is 12.6 Å². The normalized spacial score (nSPS) is 12.0. The van der Waals surface area contributed by atoms with E-state index >= 15 is 0 Å². The number of benzene rings is 3. The summed E-state index contributed by atoms with van der Waals surface area (Å²) in [7, 11) is -4.17. The number of hydrogen-bond donors (Lipinski definition) is 1. The van der Waals surface area contributed by atoms with Crippen LogP contribution in [0.1, 0.15) is 32.3 Å². The number of sulfonamides is 1. The molecule has 0 spiro atoms. The molecular weight excluding hydrogens is 581 g/mol. The van der Waals surface area contributed by atoms with Gasteiger partial charge in [0, 0.05) is 28.2 Å². The highest BCUT2D eigenvalue weighted by atomic mass is 35.5. The van der Waals surface area contributed by atoms with Crippen molar-refractivity contribution in [2.24, 2.45) is 0 Å². The van der Waals surface area contributed by atoms with E-state index in [0.29, 0.717) is 27.2 Å². The summed E-state index contributed by atoms with van der Waals surface area (Å²) in [5.74, 6) is -0.958. The number of hydrogen-bond acceptors (Lipinski definition) is 4. The molecule has 0 heterocycles. The Labute approximate surface area is 244 Å². The van der Waals surface area contributed by atoms with Gasteiger partial charge < -0.3 is 10.2 Å². The zero-order valence-corrected chi connectivity index (χ0v) is 24.7. The molecule has 0 aromatic heterocycles. The molecule has 3 rings (SSSR count). The molecule has 11 heteroatoms. The van der Waals surface area contributed by atoms with Gasteiger partial charge in [0.15, 0.2) is 0 Å². The van der Waals surface area contributed by atoms with Gasteiger partial charge in [-0.15, -0.1) is 0 Å². The predicted molar refractivity (Wildman–Crippen MR) is 157 cm³/mol. The van der Waals surface area contributed by atoms with Gasteiger partial charge in [-0.3, -0.25) is 13.9 Å². The topological polar surface area (TPSA) is 86.8 Å². The maximum Gasteiger partial charge on any atom is 0.264 e. The summed E-state index contributed by atoms with van der Waals surface area (Å²) < 4.78 is 28.4. The number of rotatable bonds is 12. The number of carbonyl (C=O) groups is 2. The molecule has 7 nitrogen and oxygen atoms in total. The summed E-state index contributed by atoms with van der Waals surface area (Å²) >= 11 is 18.6. The van der Waals surface area contributed by atoms with Crippen LogP contribution >= 0.6 is 34.8 Å². The van der Waals surface area contributed by atoms with Crippen LogP contribution in [0.15, 0.2) is 77.7 Å². The summed E-state index contributed by atoms with van der Waals surface area (Å²) in [4.78, 5) is 28.2. The highest BCUT2D eigenvalue weighted by molar-refractivity contribution is 7.92. The summed E-state index contributed by atoms with van der Waals surface area (Å²) in [6.07, 6.45) is 1.68. The summed E-state index contributed by atoms with van der Waals surface area (Å²) in [6, 6.07) is 18.0. The Balaban J connectivity index is 2.01. The number of nitrogens with zero attached hydrogens (tertiary/aromatic N) is 2. The fraction of sp³-hybridized carbons (Fsp3) is 0.286. The Hall–Kier alpha value is -2.78. The number of halogens is 3. The molecule has 1 atom stereocenters. The number of nitrogens with one attached hydrogen (secondary N) is 1. The summed E-state index contributed by atoms with van der Waals surface area (Å²) in [6.45, 7) is 3.45. The number of amides is 2. The molecule has 0 saturated heterocycles. The van der Waals surface area contributed by atoms with Crippen molar-refractivity contribution in [2.75, 3.05) is 17.4 Å². The first-order valence-electron chi connectivity index (χ1n) is 12.4. The van der Waals surface area contributed by atoms with Crippen LogP contribution < -0.4 is 9.62 Å². The van der Waals surface area contributed by atoms with E-state index in [1.54, 1.807) is 61.5 Å². The van der Waals surface area contributed by atoms with E-state index in [0.717, 1.165) is 17.1 Å². The molecular formula is C28H30Cl3N3O4S. The fourth-order valence-electron chi connectivity index (χ4n) is 3.83. The van der Waals surface area contributed by atoms with Crippen LogP contribution in [0.25, 0.3) is 0 Å². The van der Waals surface area contributed by atoms with Gasteiger partial charge in [0.25, 0.3) is 10.0 Å². The number of unbranched alkanes of at least 4 members (excludes halogenated alkanes) is 1. The van der Waals surface area contributed by atoms with Crippen molar-refractivity contribution in [3.05, 3.63) is 93.4 Å². The lowest BCUT2D eigenvalue weighted by atomic mass is 10.1. The summed E-state index contributed by atoms with van der Waals surface area (Å²) in [5, 5.41) is 3.89. The van der Waals surface area contributed by atoms with E-state index in [1.807, 2.05) is 6.92 Å². The molecule has 2 amide bonds. The zero-order chi connectivity index (χ0) is 28.6. The second kappa shape index (κ2) is 14.0. The minimum Gasteiger partial charge on any atom is -0.354 e. The van der Waals surface area contributed by atoms with E-state index in [-0.39, 0.29) is 23.0 Å². The second-order valence-electron chi connectivity index (χ2n) is 8.88. The van der Waals surface area contributed by atoms with Gasteiger partial charge in [0.05, 0.1) is 10.6 Å². The molecule has 0 saturated carbocycles. The van der Waals surface area contributed by atoms with Gasteiger partial charge in [-0.05, 0) is 61.4 Å². The Morgan fingerprint density at radius 3 is 2.26 bits per heavy atom. The van der Waals surface area contributed by atoms with Gasteiger partial charge in [-0.2, -0.15) is 0 Å². The first kappa shape index (κ1) is 30.8. The quantitative estimate of drug-likeness (QED) is 0.248. The van der Waals surface area contributed by atoms with Crippen molar-refractivity contribution in [3.8, 4) is 0 Å². The van der Waals surface area contributed by atoms with Crippen LogP contribution in [0.4, 0.5) is 5.69 Å². The van der Waals surface area contributed by atoms with Crippen molar-refractivity contribution in [3.63, 3.8) is 0 Å². The van der Waals surface area contributed by atoms with Crippen molar-refractivity contribution in [1.82, 2.24) is 10.2 Å². The monoisotopic (exact) mass is 609 g/mol. The van der Waals surface area contributed by atoms with Crippen molar-refractivity contribution < 1.29 is 18.0 Å². The van der Waals surface area contributed by atoms with Crippen molar-refractivity contribution >= 4 is 62.3 Å². The molecule has 0 unspecified atom stereocenters. The Kier molecular flexibility index (Phi) is 11.1. The molecule has 3 aromatic carbocycles. The Morgan fingerprint density at radius 2 is 1.62 bits per heavy atom. The fourth-order valence-corrected chi connectivity index (χ4v) is 5.91.